The Morgan fingerprint density at radius 2 is 1.90 bits per heavy atom. The van der Waals surface area contributed by atoms with Crippen LogP contribution in [0.4, 0.5) is 0 Å². The Morgan fingerprint density at radius 3 is 2.71 bits per heavy atom. The molecule has 21 heavy (non-hydrogen) atoms. The molecule has 0 bridgehead atoms. The molecule has 0 unspecified atom stereocenters. The van der Waals surface area contributed by atoms with E-state index in [1.165, 1.54) is 11.1 Å². The third-order valence-electron chi connectivity index (χ3n) is 3.65. The van der Waals surface area contributed by atoms with Crippen LogP contribution < -0.4 is 10.1 Å². The zero-order valence-electron chi connectivity index (χ0n) is 12.3. The molecule has 2 aromatic carbocycles. The van der Waals surface area contributed by atoms with Crippen molar-refractivity contribution in [2.75, 3.05) is 7.11 Å². The van der Waals surface area contributed by atoms with E-state index in [1.807, 2.05) is 18.2 Å². The number of methoxy groups -OCH3 is 1. The van der Waals surface area contributed by atoms with Crippen molar-refractivity contribution in [1.82, 2.24) is 5.32 Å². The van der Waals surface area contributed by atoms with Crippen molar-refractivity contribution in [3.63, 3.8) is 0 Å². The zero-order chi connectivity index (χ0) is 14.7. The van der Waals surface area contributed by atoms with Gasteiger partial charge in [0, 0.05) is 11.9 Å². The molecule has 0 amide bonds. The number of benzene rings is 2. The minimum absolute atomic E-state index is 0.701. The molecule has 0 fully saturated rings. The number of furan rings is 1. The van der Waals surface area contributed by atoms with Crippen molar-refractivity contribution in [2.24, 2.45) is 0 Å². The molecule has 0 aliphatic rings. The van der Waals surface area contributed by atoms with Crippen molar-refractivity contribution in [3.8, 4) is 5.75 Å². The quantitative estimate of drug-likeness (QED) is 0.766. The Morgan fingerprint density at radius 1 is 1.05 bits per heavy atom. The van der Waals surface area contributed by atoms with Gasteiger partial charge in [-0.05, 0) is 30.2 Å². The van der Waals surface area contributed by atoms with Crippen LogP contribution in [0.15, 0.2) is 52.9 Å². The summed E-state index contributed by atoms with van der Waals surface area (Å²) >= 11 is 0. The zero-order valence-corrected chi connectivity index (χ0v) is 12.3. The Kier molecular flexibility index (Phi) is 3.93. The van der Waals surface area contributed by atoms with Gasteiger partial charge in [0.2, 0.25) is 0 Å². The minimum Gasteiger partial charge on any atom is -0.493 e. The number of aryl methyl sites for hydroxylation is 1. The van der Waals surface area contributed by atoms with E-state index >= 15 is 0 Å². The molecule has 3 aromatic rings. The van der Waals surface area contributed by atoms with Crippen molar-refractivity contribution in [3.05, 3.63) is 65.4 Å². The van der Waals surface area contributed by atoms with Crippen molar-refractivity contribution < 1.29 is 9.15 Å². The van der Waals surface area contributed by atoms with E-state index in [4.69, 9.17) is 9.15 Å². The molecule has 1 heterocycles. The monoisotopic (exact) mass is 281 g/mol. The second kappa shape index (κ2) is 6.02. The van der Waals surface area contributed by atoms with Crippen LogP contribution >= 0.6 is 0 Å². The Labute approximate surface area is 124 Å². The molecule has 0 spiro atoms. The topological polar surface area (TPSA) is 34.4 Å². The smallest absolute Gasteiger partial charge is 0.176 e. The lowest BCUT2D eigenvalue weighted by atomic mass is 10.1. The lowest BCUT2D eigenvalue weighted by Crippen LogP contribution is -2.12. The summed E-state index contributed by atoms with van der Waals surface area (Å²) in [6, 6.07) is 16.4. The predicted octanol–water partition coefficient (Wildman–Crippen LogP) is 4.04. The highest BCUT2D eigenvalue weighted by atomic mass is 16.5. The second-order valence-corrected chi connectivity index (χ2v) is 5.12. The molecule has 1 N–H and O–H groups in total. The van der Waals surface area contributed by atoms with Crippen LogP contribution in [0.2, 0.25) is 0 Å². The van der Waals surface area contributed by atoms with E-state index in [0.717, 1.165) is 29.0 Å². The largest absolute Gasteiger partial charge is 0.493 e. The lowest BCUT2D eigenvalue weighted by Gasteiger charge is -2.06. The molecular formula is C18H19NO2. The number of hydrogen-bond acceptors (Lipinski definition) is 3. The third-order valence-corrected chi connectivity index (χ3v) is 3.65. The van der Waals surface area contributed by atoms with Gasteiger partial charge < -0.3 is 14.5 Å². The van der Waals surface area contributed by atoms with E-state index in [9.17, 15) is 0 Å². The van der Waals surface area contributed by atoms with Gasteiger partial charge in [0.25, 0.3) is 0 Å². The third kappa shape index (κ3) is 2.93. The molecule has 0 saturated carbocycles. The number of para-hydroxylation sites is 1. The molecule has 0 atom stereocenters. The first-order valence-corrected chi connectivity index (χ1v) is 7.08. The van der Waals surface area contributed by atoms with Crippen LogP contribution in [0.5, 0.6) is 5.75 Å². The van der Waals surface area contributed by atoms with Crippen molar-refractivity contribution >= 4 is 11.0 Å². The van der Waals surface area contributed by atoms with Gasteiger partial charge in [-0.15, -0.1) is 0 Å². The van der Waals surface area contributed by atoms with E-state index in [0.29, 0.717) is 6.54 Å². The second-order valence-electron chi connectivity index (χ2n) is 5.12. The van der Waals surface area contributed by atoms with E-state index in [-0.39, 0.29) is 0 Å². The van der Waals surface area contributed by atoms with Gasteiger partial charge in [-0.25, -0.2) is 0 Å². The highest BCUT2D eigenvalue weighted by Gasteiger charge is 2.08. The molecule has 0 radical (unpaired) electrons. The molecule has 3 nitrogen and oxygen atoms in total. The van der Waals surface area contributed by atoms with E-state index in [2.05, 4.69) is 42.6 Å². The summed E-state index contributed by atoms with van der Waals surface area (Å²) in [7, 11) is 1.66. The number of nitrogens with one attached hydrogen (secondary N) is 1. The maximum atomic E-state index is 5.87. The normalized spacial score (nSPS) is 11.0. The maximum absolute atomic E-state index is 5.87. The fourth-order valence-electron chi connectivity index (χ4n) is 2.47. The molecule has 3 rings (SSSR count). The highest BCUT2D eigenvalue weighted by molar-refractivity contribution is 5.83. The van der Waals surface area contributed by atoms with Gasteiger partial charge in [-0.3, -0.25) is 0 Å². The SMILES string of the molecule is COc1cccc2cc(CNCc3ccccc3C)oc12. The van der Waals surface area contributed by atoms with Crippen LogP contribution in [0.3, 0.4) is 0 Å². The van der Waals surface area contributed by atoms with Crippen molar-refractivity contribution in [2.45, 2.75) is 20.0 Å². The number of ether oxygens (including phenoxy) is 1. The summed E-state index contributed by atoms with van der Waals surface area (Å²) in [6.07, 6.45) is 0. The van der Waals surface area contributed by atoms with Gasteiger partial charge in [0.05, 0.1) is 13.7 Å². The first kappa shape index (κ1) is 13.7. The summed E-state index contributed by atoms with van der Waals surface area (Å²) in [4.78, 5) is 0. The first-order valence-electron chi connectivity index (χ1n) is 7.08. The molecule has 0 saturated heterocycles. The highest BCUT2D eigenvalue weighted by Crippen LogP contribution is 2.28. The fourth-order valence-corrected chi connectivity index (χ4v) is 2.47. The Balaban J connectivity index is 1.70. The van der Waals surface area contributed by atoms with E-state index in [1.54, 1.807) is 7.11 Å². The minimum atomic E-state index is 0.701. The van der Waals surface area contributed by atoms with Crippen LogP contribution in [-0.2, 0) is 13.1 Å². The molecule has 0 aliphatic heterocycles. The van der Waals surface area contributed by atoms with Crippen LogP contribution in [0.1, 0.15) is 16.9 Å². The van der Waals surface area contributed by atoms with Gasteiger partial charge >= 0.3 is 0 Å². The van der Waals surface area contributed by atoms with Crippen molar-refractivity contribution in [1.29, 1.82) is 0 Å². The first-order chi connectivity index (χ1) is 10.3. The molecule has 108 valence electrons. The van der Waals surface area contributed by atoms with Crippen LogP contribution in [0.25, 0.3) is 11.0 Å². The Bertz CT molecular complexity index is 746. The average molecular weight is 281 g/mol. The maximum Gasteiger partial charge on any atom is 0.176 e. The predicted molar refractivity (Wildman–Crippen MR) is 84.5 cm³/mol. The standard InChI is InChI=1S/C18H19NO2/c1-13-6-3-4-7-15(13)11-19-12-16-10-14-8-5-9-17(20-2)18(14)21-16/h3-10,19H,11-12H2,1-2H3. The number of fused-ring (bicyclic) bond motifs is 1. The average Bonchev–Trinajstić information content (AvgIpc) is 2.92. The lowest BCUT2D eigenvalue weighted by molar-refractivity contribution is 0.406. The van der Waals surface area contributed by atoms with Crippen LogP contribution in [-0.4, -0.2) is 7.11 Å². The summed E-state index contributed by atoms with van der Waals surface area (Å²) < 4.78 is 11.2. The molecular weight excluding hydrogens is 262 g/mol. The van der Waals surface area contributed by atoms with E-state index < -0.39 is 0 Å². The number of rotatable bonds is 5. The summed E-state index contributed by atoms with van der Waals surface area (Å²) in [5.41, 5.74) is 3.43. The van der Waals surface area contributed by atoms with Gasteiger partial charge in [-0.1, -0.05) is 36.4 Å². The molecule has 3 heteroatoms. The number of hydrogen-bond donors (Lipinski definition) is 1. The molecule has 1 aromatic heterocycles. The molecule has 0 aliphatic carbocycles. The van der Waals surface area contributed by atoms with Gasteiger partial charge in [0.15, 0.2) is 11.3 Å². The van der Waals surface area contributed by atoms with Gasteiger partial charge in [-0.2, -0.15) is 0 Å². The fraction of sp³-hybridized carbons (Fsp3) is 0.222. The van der Waals surface area contributed by atoms with Crippen LogP contribution in [0, 0.1) is 6.92 Å². The van der Waals surface area contributed by atoms with Gasteiger partial charge in [0.1, 0.15) is 5.76 Å². The Hall–Kier alpha value is -2.26. The summed E-state index contributed by atoms with van der Waals surface area (Å²) in [6.45, 7) is 3.66. The summed E-state index contributed by atoms with van der Waals surface area (Å²) in [5, 5.41) is 4.49. The summed E-state index contributed by atoms with van der Waals surface area (Å²) in [5.74, 6) is 1.70.